The van der Waals surface area contributed by atoms with E-state index in [9.17, 15) is 9.59 Å². The Balaban J connectivity index is 1.42. The molecule has 0 amide bonds. The molecule has 0 saturated carbocycles. The minimum atomic E-state index is -0.431. The lowest BCUT2D eigenvalue weighted by Gasteiger charge is -2.16. The van der Waals surface area contributed by atoms with Gasteiger partial charge in [0.05, 0.1) is 12.1 Å². The summed E-state index contributed by atoms with van der Waals surface area (Å²) >= 11 is 1.70. The van der Waals surface area contributed by atoms with E-state index in [0.29, 0.717) is 11.1 Å². The maximum Gasteiger partial charge on any atom is 0.338 e. The van der Waals surface area contributed by atoms with Gasteiger partial charge in [0.2, 0.25) is 5.78 Å². The second-order valence-corrected chi connectivity index (χ2v) is 8.67. The number of esters is 1. The van der Waals surface area contributed by atoms with Crippen molar-refractivity contribution in [2.45, 2.75) is 46.1 Å². The minimum absolute atomic E-state index is 0.165. The fourth-order valence-electron chi connectivity index (χ4n) is 4.04. The average molecular weight is 408 g/mol. The molecule has 0 spiro atoms. The number of hydrogen-bond donors (Lipinski definition) is 0. The van der Waals surface area contributed by atoms with Crippen LogP contribution >= 0.6 is 11.3 Å². The van der Waals surface area contributed by atoms with Gasteiger partial charge in [-0.1, -0.05) is 12.1 Å². The Bertz CT molecular complexity index is 1050. The highest BCUT2D eigenvalue weighted by Crippen LogP contribution is 2.23. The first-order valence-electron chi connectivity index (χ1n) is 10.0. The number of ketones is 1. The first-order chi connectivity index (χ1) is 14.0. The van der Waals surface area contributed by atoms with Crippen molar-refractivity contribution in [1.29, 1.82) is 0 Å². The number of aromatic nitrogens is 1. The molecule has 2 heterocycles. The Hall–Kier alpha value is -2.66. The van der Waals surface area contributed by atoms with E-state index in [1.165, 1.54) is 22.4 Å². The highest BCUT2D eigenvalue weighted by Gasteiger charge is 2.19. The van der Waals surface area contributed by atoms with Crippen LogP contribution in [-0.4, -0.2) is 22.9 Å². The Morgan fingerprint density at radius 3 is 2.62 bits per heavy atom. The van der Waals surface area contributed by atoms with Crippen LogP contribution in [0.15, 0.2) is 41.8 Å². The topological polar surface area (TPSA) is 48.3 Å². The maximum atomic E-state index is 12.7. The quantitative estimate of drug-likeness (QED) is 0.420. The molecule has 0 radical (unpaired) electrons. The number of Topliss-reactive ketones (excluding diaryl/α,β-unsaturated/α-hetero) is 1. The normalized spacial score (nSPS) is 13.2. The standard InChI is InChI=1S/C24H25NO3S/c1-16-12-22(17(2)25(16)14-21-8-5-11-29-21)23(26)15-28-24(27)20-10-9-18-6-3-4-7-19(18)13-20/h5,8-13H,3-4,6-7,14-15H2,1-2H3. The van der Waals surface area contributed by atoms with Gasteiger partial charge in [0, 0.05) is 21.8 Å². The van der Waals surface area contributed by atoms with Crippen LogP contribution in [0.25, 0.3) is 0 Å². The maximum absolute atomic E-state index is 12.7. The summed E-state index contributed by atoms with van der Waals surface area (Å²) in [6.45, 7) is 4.45. The molecular formula is C24H25NO3S. The number of hydrogen-bond acceptors (Lipinski definition) is 4. The van der Waals surface area contributed by atoms with Gasteiger partial charge in [0.25, 0.3) is 0 Å². The van der Waals surface area contributed by atoms with Crippen LogP contribution < -0.4 is 0 Å². The summed E-state index contributed by atoms with van der Waals surface area (Å²) in [7, 11) is 0. The van der Waals surface area contributed by atoms with Crippen LogP contribution in [-0.2, 0) is 24.1 Å². The molecule has 0 aliphatic heterocycles. The molecule has 1 aliphatic rings. The number of rotatable bonds is 6. The summed E-state index contributed by atoms with van der Waals surface area (Å²) in [5.41, 5.74) is 5.64. The van der Waals surface area contributed by atoms with Crippen LogP contribution in [0.2, 0.25) is 0 Å². The third-order valence-corrected chi connectivity index (χ3v) is 6.55. The molecule has 4 rings (SSSR count). The zero-order valence-corrected chi connectivity index (χ0v) is 17.7. The number of ether oxygens (including phenoxy) is 1. The zero-order chi connectivity index (χ0) is 20.4. The van der Waals surface area contributed by atoms with E-state index in [-0.39, 0.29) is 12.4 Å². The van der Waals surface area contributed by atoms with E-state index in [1.807, 2.05) is 44.2 Å². The van der Waals surface area contributed by atoms with Crippen molar-refractivity contribution in [1.82, 2.24) is 4.57 Å². The molecule has 150 valence electrons. The monoisotopic (exact) mass is 407 g/mol. The molecule has 2 aromatic heterocycles. The molecule has 0 saturated heterocycles. The minimum Gasteiger partial charge on any atom is -0.454 e. The van der Waals surface area contributed by atoms with Crippen LogP contribution in [0.4, 0.5) is 0 Å². The van der Waals surface area contributed by atoms with E-state index in [4.69, 9.17) is 4.74 Å². The van der Waals surface area contributed by atoms with Gasteiger partial charge in [-0.15, -0.1) is 11.3 Å². The molecule has 0 bridgehead atoms. The number of carbonyl (C=O) groups is 2. The lowest BCUT2D eigenvalue weighted by Crippen LogP contribution is -2.16. The highest BCUT2D eigenvalue weighted by molar-refractivity contribution is 7.09. The van der Waals surface area contributed by atoms with E-state index < -0.39 is 5.97 Å². The summed E-state index contributed by atoms with van der Waals surface area (Å²) in [6, 6.07) is 11.8. The molecule has 3 aromatic rings. The highest BCUT2D eigenvalue weighted by atomic mass is 32.1. The van der Waals surface area contributed by atoms with Crippen LogP contribution in [0, 0.1) is 13.8 Å². The largest absolute Gasteiger partial charge is 0.454 e. The Morgan fingerprint density at radius 1 is 1.07 bits per heavy atom. The second-order valence-electron chi connectivity index (χ2n) is 7.64. The lowest BCUT2D eigenvalue weighted by atomic mass is 9.90. The third-order valence-electron chi connectivity index (χ3n) is 5.69. The third kappa shape index (κ3) is 4.20. The van der Waals surface area contributed by atoms with Crippen molar-refractivity contribution in [3.63, 3.8) is 0 Å². The van der Waals surface area contributed by atoms with E-state index in [0.717, 1.165) is 37.2 Å². The lowest BCUT2D eigenvalue weighted by molar-refractivity contribution is 0.0474. The van der Waals surface area contributed by atoms with Crippen molar-refractivity contribution in [2.75, 3.05) is 6.61 Å². The predicted octanol–water partition coefficient (Wildman–Crippen LogP) is 5.13. The fraction of sp³-hybridized carbons (Fsp3) is 0.333. The molecule has 0 unspecified atom stereocenters. The molecule has 0 atom stereocenters. The summed E-state index contributed by atoms with van der Waals surface area (Å²) in [6.07, 6.45) is 4.44. The van der Waals surface area contributed by atoms with Gasteiger partial charge < -0.3 is 9.30 Å². The van der Waals surface area contributed by atoms with Gasteiger partial charge in [-0.25, -0.2) is 4.79 Å². The fourth-order valence-corrected chi connectivity index (χ4v) is 4.73. The summed E-state index contributed by atoms with van der Waals surface area (Å²) in [5, 5.41) is 2.05. The van der Waals surface area contributed by atoms with Gasteiger partial charge in [0.1, 0.15) is 0 Å². The predicted molar refractivity (Wildman–Crippen MR) is 115 cm³/mol. The van der Waals surface area contributed by atoms with Gasteiger partial charge in [-0.3, -0.25) is 4.79 Å². The second kappa shape index (κ2) is 8.37. The van der Waals surface area contributed by atoms with Gasteiger partial charge >= 0.3 is 5.97 Å². The smallest absolute Gasteiger partial charge is 0.338 e. The number of thiophene rings is 1. The first kappa shape index (κ1) is 19.6. The molecular weight excluding hydrogens is 382 g/mol. The first-order valence-corrected chi connectivity index (χ1v) is 10.9. The Morgan fingerprint density at radius 2 is 1.86 bits per heavy atom. The van der Waals surface area contributed by atoms with Gasteiger partial charge in [0.15, 0.2) is 6.61 Å². The summed E-state index contributed by atoms with van der Waals surface area (Å²) in [5.74, 6) is -0.596. The number of nitrogens with zero attached hydrogens (tertiary/aromatic N) is 1. The zero-order valence-electron chi connectivity index (χ0n) is 16.9. The Labute approximate surface area is 175 Å². The molecule has 0 fully saturated rings. The SMILES string of the molecule is Cc1cc(C(=O)COC(=O)c2ccc3c(c2)CCCC3)c(C)n1Cc1cccs1. The Kier molecular flexibility index (Phi) is 5.67. The van der Waals surface area contributed by atoms with Crippen molar-refractivity contribution in [3.05, 3.63) is 80.3 Å². The van der Waals surface area contributed by atoms with E-state index in [2.05, 4.69) is 16.0 Å². The molecule has 0 N–H and O–H groups in total. The number of carbonyl (C=O) groups excluding carboxylic acids is 2. The van der Waals surface area contributed by atoms with E-state index in [1.54, 1.807) is 11.3 Å². The summed E-state index contributed by atoms with van der Waals surface area (Å²) < 4.78 is 7.48. The molecule has 1 aliphatic carbocycles. The number of fused-ring (bicyclic) bond motifs is 1. The van der Waals surface area contributed by atoms with Crippen LogP contribution in [0.5, 0.6) is 0 Å². The molecule has 29 heavy (non-hydrogen) atoms. The van der Waals surface area contributed by atoms with Crippen LogP contribution in [0.3, 0.4) is 0 Å². The molecule has 4 nitrogen and oxygen atoms in total. The number of aryl methyl sites for hydroxylation is 3. The summed E-state index contributed by atoms with van der Waals surface area (Å²) in [4.78, 5) is 26.4. The molecule has 1 aromatic carbocycles. The van der Waals surface area contributed by atoms with Gasteiger partial charge in [-0.2, -0.15) is 0 Å². The van der Waals surface area contributed by atoms with E-state index >= 15 is 0 Å². The molecule has 5 heteroatoms. The van der Waals surface area contributed by atoms with Crippen molar-refractivity contribution < 1.29 is 14.3 Å². The van der Waals surface area contributed by atoms with Crippen molar-refractivity contribution >= 4 is 23.1 Å². The van der Waals surface area contributed by atoms with Crippen molar-refractivity contribution in [3.8, 4) is 0 Å². The van der Waals surface area contributed by atoms with Crippen LogP contribution in [0.1, 0.15) is 60.9 Å². The number of benzene rings is 1. The average Bonchev–Trinajstić information content (AvgIpc) is 3.35. The van der Waals surface area contributed by atoms with Crippen molar-refractivity contribution in [2.24, 2.45) is 0 Å². The van der Waals surface area contributed by atoms with Gasteiger partial charge in [-0.05, 0) is 80.3 Å².